The molecule has 64 heavy (non-hydrogen) atoms. The van der Waals surface area contributed by atoms with E-state index in [2.05, 4.69) is 0 Å². The van der Waals surface area contributed by atoms with Crippen LogP contribution >= 0.6 is 0 Å². The molecule has 12 nitrogen and oxygen atoms in total. The van der Waals surface area contributed by atoms with Crippen LogP contribution in [0.5, 0.6) is 11.5 Å². The second-order valence-corrected chi connectivity index (χ2v) is 14.2. The monoisotopic (exact) mass is 822 g/mol. The molecule has 0 saturated heterocycles. The quantitative estimate of drug-likeness (QED) is 0.108. The van der Waals surface area contributed by atoms with Crippen molar-refractivity contribution in [2.24, 2.45) is 11.8 Å². The van der Waals surface area contributed by atoms with Crippen molar-refractivity contribution in [3.8, 4) is 93.4 Å². The lowest BCUT2D eigenvalue weighted by atomic mass is 9.86. The summed E-state index contributed by atoms with van der Waals surface area (Å²) in [6.07, 6.45) is 0. The number of nitrogens with zero attached hydrogens (tertiary/aromatic N) is 8. The largest absolute Gasteiger partial charge is 0.424 e. The van der Waals surface area contributed by atoms with Crippen molar-refractivity contribution in [2.75, 3.05) is 0 Å². The average Bonchev–Trinajstić information content (AvgIpc) is 3.85. The molecule has 0 spiro atoms. The van der Waals surface area contributed by atoms with Crippen molar-refractivity contribution in [1.29, 1.82) is 42.1 Å². The van der Waals surface area contributed by atoms with Crippen LogP contribution in [0.4, 0.5) is 0 Å². The van der Waals surface area contributed by atoms with Gasteiger partial charge in [0.1, 0.15) is 47.6 Å². The summed E-state index contributed by atoms with van der Waals surface area (Å²) in [5.74, 6) is -6.07. The number of hydrogen-bond donors (Lipinski definition) is 0. The van der Waals surface area contributed by atoms with Crippen LogP contribution in [-0.2, 0) is 9.59 Å². The van der Waals surface area contributed by atoms with Gasteiger partial charge in [-0.1, -0.05) is 109 Å². The molecule has 0 radical (unpaired) electrons. The summed E-state index contributed by atoms with van der Waals surface area (Å²) in [5, 5.41) is 83.1. The highest BCUT2D eigenvalue weighted by Crippen LogP contribution is 2.53. The van der Waals surface area contributed by atoms with Crippen LogP contribution in [0.15, 0.2) is 166 Å². The molecule has 0 saturated carbocycles. The maximum Gasteiger partial charge on any atom is 0.324 e. The smallest absolute Gasteiger partial charge is 0.324 e. The van der Waals surface area contributed by atoms with Crippen LogP contribution < -0.4 is 9.47 Å². The third-order valence-corrected chi connectivity index (χ3v) is 11.0. The molecule has 6 aromatic rings. The van der Waals surface area contributed by atoms with Crippen molar-refractivity contribution in [2.45, 2.75) is 0 Å². The van der Waals surface area contributed by atoms with Crippen LogP contribution in [0.2, 0.25) is 0 Å². The normalized spacial score (nSPS) is 13.6. The molecule has 6 aromatic carbocycles. The van der Waals surface area contributed by atoms with Gasteiger partial charge in [0, 0.05) is 22.3 Å². The van der Waals surface area contributed by atoms with E-state index in [0.29, 0.717) is 43.8 Å². The summed E-state index contributed by atoms with van der Waals surface area (Å²) in [4.78, 5) is 29.6. The number of esters is 2. The van der Waals surface area contributed by atoms with Crippen molar-refractivity contribution in [3.63, 3.8) is 0 Å². The van der Waals surface area contributed by atoms with Crippen LogP contribution in [0, 0.1) is 102 Å². The standard InChI is InChI=1S/C52H22N8O4/c53-21-37-38(22-54)42(26-58)45(41(37)25-57)51(61)63-49-35(29-11-3-1-4-12-29)19-31-15-7-9-17-33(31)47(49)48-34-18-10-8-16-32(34)20-36(30-13-5-2-6-14-30)50(48)64-52(62)46-43(27-59)39(23-55)40(24-56)44(46)28-60/h1-20,45-46H. The SMILES string of the molecule is N#CC1=C(C#N)C(C(=O)Oc2c(-c3ccccc3)cc3ccccc3c2-c2c(OC(=O)C3C(C#N)=C(C#N)C(C#N)=C3C#N)c(-c3ccccc3)cc3ccccc23)C(C#N)=C1C#N. The molecule has 8 rings (SSSR count). The number of benzene rings is 6. The summed E-state index contributed by atoms with van der Waals surface area (Å²) in [6, 6.07) is 50.0. The lowest BCUT2D eigenvalue weighted by molar-refractivity contribution is -0.137. The highest BCUT2D eigenvalue weighted by Gasteiger charge is 2.43. The van der Waals surface area contributed by atoms with E-state index in [1.165, 1.54) is 0 Å². The molecular formula is C52H22N8O4. The number of nitriles is 8. The maximum absolute atomic E-state index is 14.8. The molecule has 2 aliphatic carbocycles. The van der Waals surface area contributed by atoms with Gasteiger partial charge in [-0.25, -0.2) is 0 Å². The van der Waals surface area contributed by atoms with Crippen molar-refractivity contribution >= 4 is 33.5 Å². The van der Waals surface area contributed by atoms with Gasteiger partial charge < -0.3 is 9.47 Å². The van der Waals surface area contributed by atoms with Gasteiger partial charge >= 0.3 is 11.9 Å². The fraction of sp³-hybridized carbons (Fsp3) is 0.0385. The minimum Gasteiger partial charge on any atom is -0.424 e. The van der Waals surface area contributed by atoms with Gasteiger partial charge in [0.2, 0.25) is 0 Å². The van der Waals surface area contributed by atoms with E-state index < -0.39 is 68.4 Å². The van der Waals surface area contributed by atoms with E-state index in [-0.39, 0.29) is 22.6 Å². The Morgan fingerprint density at radius 1 is 0.391 bits per heavy atom. The number of rotatable bonds is 7. The Kier molecular flexibility index (Phi) is 10.6. The Balaban J connectivity index is 1.51. The first-order chi connectivity index (χ1) is 31.3. The lowest BCUT2D eigenvalue weighted by Crippen LogP contribution is -2.24. The Morgan fingerprint density at radius 2 is 0.688 bits per heavy atom. The number of fused-ring (bicyclic) bond motifs is 2. The predicted octanol–water partition coefficient (Wildman–Crippen LogP) is 9.44. The van der Waals surface area contributed by atoms with E-state index >= 15 is 0 Å². The molecule has 0 heterocycles. The number of carbonyl (C=O) groups excluding carboxylic acids is 2. The zero-order chi connectivity index (χ0) is 45.1. The molecule has 294 valence electrons. The van der Waals surface area contributed by atoms with Crippen LogP contribution in [0.1, 0.15) is 0 Å². The molecule has 0 N–H and O–H groups in total. The zero-order valence-corrected chi connectivity index (χ0v) is 32.9. The predicted molar refractivity (Wildman–Crippen MR) is 229 cm³/mol. The second kappa shape index (κ2) is 16.7. The molecule has 0 bridgehead atoms. The van der Waals surface area contributed by atoms with Gasteiger partial charge in [0.25, 0.3) is 0 Å². The fourth-order valence-electron chi connectivity index (χ4n) is 8.17. The minimum atomic E-state index is -1.76. The van der Waals surface area contributed by atoms with Crippen LogP contribution in [-0.4, -0.2) is 11.9 Å². The zero-order valence-electron chi connectivity index (χ0n) is 32.9. The summed E-state index contributed by atoms with van der Waals surface area (Å²) < 4.78 is 12.9. The van der Waals surface area contributed by atoms with Gasteiger partial charge in [-0.05, 0) is 44.8 Å². The summed E-state index contributed by atoms with van der Waals surface area (Å²) in [7, 11) is 0. The summed E-state index contributed by atoms with van der Waals surface area (Å²) in [6.45, 7) is 0. The Bertz CT molecular complexity index is 3250. The third kappa shape index (κ3) is 6.42. The molecule has 12 heteroatoms. The first-order valence-electron chi connectivity index (χ1n) is 19.1. The van der Waals surface area contributed by atoms with Crippen LogP contribution in [0.3, 0.4) is 0 Å². The third-order valence-electron chi connectivity index (χ3n) is 11.0. The van der Waals surface area contributed by atoms with Crippen molar-refractivity contribution in [3.05, 3.63) is 166 Å². The maximum atomic E-state index is 14.8. The number of ether oxygens (including phenoxy) is 2. The second-order valence-electron chi connectivity index (χ2n) is 14.2. The first kappa shape index (κ1) is 40.4. The molecule has 0 atom stereocenters. The van der Waals surface area contributed by atoms with Gasteiger partial charge in [0.05, 0.1) is 68.9 Å². The first-order valence-corrected chi connectivity index (χ1v) is 19.1. The highest BCUT2D eigenvalue weighted by molar-refractivity contribution is 6.15. The molecule has 0 aromatic heterocycles. The number of allylic oxidation sites excluding steroid dienone is 4. The van der Waals surface area contributed by atoms with E-state index in [1.54, 1.807) is 133 Å². The Morgan fingerprint density at radius 3 is 0.984 bits per heavy atom. The Labute approximate surface area is 364 Å². The van der Waals surface area contributed by atoms with E-state index in [1.807, 2.05) is 36.4 Å². The number of hydrogen-bond acceptors (Lipinski definition) is 12. The summed E-state index contributed by atoms with van der Waals surface area (Å²) >= 11 is 0. The Hall–Kier alpha value is -10.3. The van der Waals surface area contributed by atoms with Crippen molar-refractivity contribution < 1.29 is 19.1 Å². The van der Waals surface area contributed by atoms with E-state index in [9.17, 15) is 51.7 Å². The fourth-order valence-corrected chi connectivity index (χ4v) is 8.17. The van der Waals surface area contributed by atoms with Gasteiger partial charge in [-0.15, -0.1) is 0 Å². The highest BCUT2D eigenvalue weighted by atomic mass is 16.5. The number of carbonyl (C=O) groups is 2. The molecule has 0 aliphatic heterocycles. The van der Waals surface area contributed by atoms with E-state index in [4.69, 9.17) is 9.47 Å². The molecular weight excluding hydrogens is 801 g/mol. The summed E-state index contributed by atoms with van der Waals surface area (Å²) in [5.41, 5.74) is -1.29. The van der Waals surface area contributed by atoms with Gasteiger partial charge in [-0.2, -0.15) is 42.1 Å². The van der Waals surface area contributed by atoms with Gasteiger partial charge in [0.15, 0.2) is 0 Å². The average molecular weight is 823 g/mol. The van der Waals surface area contributed by atoms with Crippen molar-refractivity contribution in [1.82, 2.24) is 0 Å². The molecule has 0 amide bonds. The minimum absolute atomic E-state index is 0.115. The molecule has 0 unspecified atom stereocenters. The van der Waals surface area contributed by atoms with E-state index in [0.717, 1.165) is 0 Å². The lowest BCUT2D eigenvalue weighted by Gasteiger charge is -2.24. The topological polar surface area (TPSA) is 243 Å². The molecule has 0 fully saturated rings. The molecule has 2 aliphatic rings. The van der Waals surface area contributed by atoms with Crippen LogP contribution in [0.25, 0.3) is 54.9 Å². The van der Waals surface area contributed by atoms with Gasteiger partial charge in [-0.3, -0.25) is 9.59 Å².